The van der Waals surface area contributed by atoms with Gasteiger partial charge in [0.15, 0.2) is 12.2 Å². The van der Waals surface area contributed by atoms with Gasteiger partial charge in [0.25, 0.3) is 0 Å². The standard InChI is InChI=1S/C41H78O17P2/c1-5-9-13-15-17-19-20-23-26-39(44)52-32-37(57-40(45)27-22-11-7-3)34-56-60(49,50)54-30-35(42)29-53-59(47,48)55-33-36(31-51-38(43)25-12-8-4)58-41(46)28-24-21-18-16-14-10-6-2/h35-37,42H,5-34H2,1-4H3,(H,47,48)(H,49,50)/t35-,36-,37-/m1/s1. The number of phosphoric ester groups is 2. The Morgan fingerprint density at radius 1 is 0.400 bits per heavy atom. The quantitative estimate of drug-likeness (QED) is 0.0224. The number of esters is 4. The molecule has 0 rings (SSSR count). The Kier molecular flexibility index (Phi) is 36.4. The molecule has 0 aromatic heterocycles. The minimum Gasteiger partial charge on any atom is -0.462 e. The molecule has 0 fully saturated rings. The lowest BCUT2D eigenvalue weighted by Crippen LogP contribution is -2.30. The highest BCUT2D eigenvalue weighted by molar-refractivity contribution is 7.47. The predicted octanol–water partition coefficient (Wildman–Crippen LogP) is 8.97. The number of carbonyl (C=O) groups is 4. The molecule has 3 N–H and O–H groups in total. The van der Waals surface area contributed by atoms with Crippen molar-refractivity contribution < 1.29 is 80.2 Å². The first-order valence-electron chi connectivity index (χ1n) is 22.3. The number of unbranched alkanes of at least 4 members (excludes halogenated alkanes) is 16. The highest BCUT2D eigenvalue weighted by Gasteiger charge is 2.30. The number of carbonyl (C=O) groups excluding carboxylic acids is 4. The fourth-order valence-electron chi connectivity index (χ4n) is 5.55. The van der Waals surface area contributed by atoms with E-state index >= 15 is 0 Å². The van der Waals surface area contributed by atoms with E-state index in [1.807, 2.05) is 13.8 Å². The zero-order chi connectivity index (χ0) is 44.9. The van der Waals surface area contributed by atoms with E-state index in [-0.39, 0.29) is 25.7 Å². The van der Waals surface area contributed by atoms with Crippen LogP contribution < -0.4 is 0 Å². The summed E-state index contributed by atoms with van der Waals surface area (Å²) in [5, 5.41) is 10.3. The molecule has 0 spiro atoms. The van der Waals surface area contributed by atoms with E-state index in [1.54, 1.807) is 0 Å². The maximum atomic E-state index is 12.6. The van der Waals surface area contributed by atoms with E-state index in [2.05, 4.69) is 13.8 Å². The summed E-state index contributed by atoms with van der Waals surface area (Å²) in [6.45, 7) is 4.18. The number of hydrogen-bond acceptors (Lipinski definition) is 15. The molecule has 0 radical (unpaired) electrons. The number of phosphoric acid groups is 2. The summed E-state index contributed by atoms with van der Waals surface area (Å²) in [7, 11) is -9.79. The number of rotatable bonds is 42. The summed E-state index contributed by atoms with van der Waals surface area (Å²) in [5.41, 5.74) is 0. The SMILES string of the molecule is CCCCCCCCCCC(=O)OC[C@H](COP(=O)(O)OC[C@H](O)COP(=O)(O)OC[C@@H](COC(=O)CCCC)OC(=O)CCCCCCCCC)OC(=O)CCCCC. The van der Waals surface area contributed by atoms with Crippen molar-refractivity contribution in [1.82, 2.24) is 0 Å². The van der Waals surface area contributed by atoms with E-state index in [1.165, 1.54) is 19.3 Å². The van der Waals surface area contributed by atoms with Gasteiger partial charge in [-0.2, -0.15) is 0 Å². The van der Waals surface area contributed by atoms with Crippen molar-refractivity contribution in [3.63, 3.8) is 0 Å². The molecule has 0 amide bonds. The Bertz CT molecular complexity index is 1220. The van der Waals surface area contributed by atoms with Crippen molar-refractivity contribution >= 4 is 39.5 Å². The van der Waals surface area contributed by atoms with E-state index in [0.717, 1.165) is 83.5 Å². The van der Waals surface area contributed by atoms with Crippen LogP contribution in [0.2, 0.25) is 0 Å². The summed E-state index contributed by atoms with van der Waals surface area (Å²) < 4.78 is 65.9. The summed E-state index contributed by atoms with van der Waals surface area (Å²) in [6, 6.07) is 0. The molecule has 354 valence electrons. The monoisotopic (exact) mass is 904 g/mol. The van der Waals surface area contributed by atoms with Gasteiger partial charge in [-0.25, -0.2) is 9.13 Å². The van der Waals surface area contributed by atoms with Gasteiger partial charge in [-0.1, -0.05) is 130 Å². The van der Waals surface area contributed by atoms with Crippen LogP contribution in [-0.2, 0) is 65.4 Å². The Balaban J connectivity index is 4.99. The molecule has 0 heterocycles. The summed E-state index contributed by atoms with van der Waals surface area (Å²) in [6.07, 6.45) is 15.2. The lowest BCUT2D eigenvalue weighted by Gasteiger charge is -2.21. The van der Waals surface area contributed by atoms with E-state index in [9.17, 15) is 43.2 Å². The highest BCUT2D eigenvalue weighted by Crippen LogP contribution is 2.45. The first-order valence-corrected chi connectivity index (χ1v) is 25.3. The van der Waals surface area contributed by atoms with Crippen molar-refractivity contribution in [3.8, 4) is 0 Å². The molecule has 0 saturated carbocycles. The van der Waals surface area contributed by atoms with E-state index in [4.69, 9.17) is 37.0 Å². The fourth-order valence-corrected chi connectivity index (χ4v) is 7.13. The molecule has 0 aromatic carbocycles. The summed E-state index contributed by atoms with van der Waals surface area (Å²) in [4.78, 5) is 69.7. The van der Waals surface area contributed by atoms with E-state index in [0.29, 0.717) is 25.7 Å². The van der Waals surface area contributed by atoms with Crippen LogP contribution in [-0.4, -0.2) is 96.7 Å². The molecule has 0 saturated heterocycles. The van der Waals surface area contributed by atoms with Gasteiger partial charge in [0, 0.05) is 25.7 Å². The van der Waals surface area contributed by atoms with Gasteiger partial charge in [0.1, 0.15) is 19.3 Å². The molecule has 60 heavy (non-hydrogen) atoms. The molecule has 0 aliphatic carbocycles. The van der Waals surface area contributed by atoms with Gasteiger partial charge >= 0.3 is 39.5 Å². The van der Waals surface area contributed by atoms with Crippen LogP contribution in [0.1, 0.15) is 182 Å². The number of hydrogen-bond donors (Lipinski definition) is 3. The van der Waals surface area contributed by atoms with Crippen molar-refractivity contribution in [2.75, 3.05) is 39.6 Å². The summed E-state index contributed by atoms with van der Waals surface area (Å²) >= 11 is 0. The maximum absolute atomic E-state index is 12.6. The molecule has 2 unspecified atom stereocenters. The second kappa shape index (κ2) is 37.6. The van der Waals surface area contributed by atoms with Gasteiger partial charge in [0.05, 0.1) is 26.4 Å². The predicted molar refractivity (Wildman–Crippen MR) is 225 cm³/mol. The average Bonchev–Trinajstić information content (AvgIpc) is 3.21. The zero-order valence-electron chi connectivity index (χ0n) is 36.9. The molecular weight excluding hydrogens is 826 g/mol. The molecule has 0 aliphatic rings. The van der Waals surface area contributed by atoms with Gasteiger partial charge in [0.2, 0.25) is 0 Å². The van der Waals surface area contributed by atoms with Crippen molar-refractivity contribution in [3.05, 3.63) is 0 Å². The molecule has 19 heteroatoms. The zero-order valence-corrected chi connectivity index (χ0v) is 38.7. The topological polar surface area (TPSA) is 237 Å². The molecule has 0 aliphatic heterocycles. The summed E-state index contributed by atoms with van der Waals surface area (Å²) in [5.74, 6) is -2.24. The van der Waals surface area contributed by atoms with Gasteiger partial charge in [-0.05, 0) is 25.7 Å². The van der Waals surface area contributed by atoms with Crippen molar-refractivity contribution in [2.45, 2.75) is 200 Å². The first kappa shape index (κ1) is 58.1. The van der Waals surface area contributed by atoms with Crippen molar-refractivity contribution in [1.29, 1.82) is 0 Å². The molecular formula is C41H78O17P2. The molecule has 17 nitrogen and oxygen atoms in total. The Hall–Kier alpha value is -1.94. The lowest BCUT2D eigenvalue weighted by molar-refractivity contribution is -0.161. The Morgan fingerprint density at radius 2 is 0.683 bits per heavy atom. The minimum absolute atomic E-state index is 0.0893. The maximum Gasteiger partial charge on any atom is 0.472 e. The Morgan fingerprint density at radius 3 is 1.07 bits per heavy atom. The molecule has 5 atom stereocenters. The smallest absolute Gasteiger partial charge is 0.462 e. The number of aliphatic hydroxyl groups excluding tert-OH is 1. The third kappa shape index (κ3) is 36.7. The molecule has 0 bridgehead atoms. The highest BCUT2D eigenvalue weighted by atomic mass is 31.2. The van der Waals surface area contributed by atoms with Gasteiger partial charge in [-0.3, -0.25) is 37.3 Å². The van der Waals surface area contributed by atoms with Crippen LogP contribution in [0, 0.1) is 0 Å². The normalized spacial score (nSPS) is 15.0. The third-order valence-corrected chi connectivity index (χ3v) is 11.0. The van der Waals surface area contributed by atoms with Crippen LogP contribution in [0.25, 0.3) is 0 Å². The second-order valence-corrected chi connectivity index (χ2v) is 17.9. The lowest BCUT2D eigenvalue weighted by atomic mass is 10.1. The van der Waals surface area contributed by atoms with Crippen LogP contribution >= 0.6 is 15.6 Å². The number of ether oxygens (including phenoxy) is 4. The third-order valence-electron chi connectivity index (χ3n) is 9.10. The molecule has 0 aromatic rings. The van der Waals surface area contributed by atoms with Crippen LogP contribution in [0.5, 0.6) is 0 Å². The Labute approximate surface area is 358 Å². The van der Waals surface area contributed by atoms with Crippen LogP contribution in [0.4, 0.5) is 0 Å². The largest absolute Gasteiger partial charge is 0.472 e. The number of aliphatic hydroxyl groups is 1. The van der Waals surface area contributed by atoms with Crippen LogP contribution in [0.15, 0.2) is 0 Å². The van der Waals surface area contributed by atoms with E-state index < -0.39 is 97.5 Å². The van der Waals surface area contributed by atoms with Gasteiger partial charge in [-0.15, -0.1) is 0 Å². The van der Waals surface area contributed by atoms with Gasteiger partial charge < -0.3 is 33.8 Å². The van der Waals surface area contributed by atoms with Crippen LogP contribution in [0.3, 0.4) is 0 Å². The minimum atomic E-state index is -4.90. The second-order valence-electron chi connectivity index (χ2n) is 15.0. The van der Waals surface area contributed by atoms with Crippen molar-refractivity contribution in [2.24, 2.45) is 0 Å². The fraction of sp³-hybridized carbons (Fsp3) is 0.902. The first-order chi connectivity index (χ1) is 28.7. The average molecular weight is 905 g/mol.